The summed E-state index contributed by atoms with van der Waals surface area (Å²) in [5, 5.41) is 5.55. The van der Waals surface area contributed by atoms with E-state index in [2.05, 4.69) is 24.5 Å². The standard InChI is InChI=1S/C24H27N3O3/c1-15(2)16-8-10-17(11-9-16)25-24(30)26-18-12-13-20-21(14-18)23(29)27(22(20)28)19-6-4-3-5-7-19/h8-15,19H,3-7H2,1-2H3,(H2,25,26,30). The zero-order chi connectivity index (χ0) is 21.3. The maximum absolute atomic E-state index is 12.9. The molecule has 4 amide bonds. The molecule has 2 aromatic carbocycles. The van der Waals surface area contributed by atoms with E-state index >= 15 is 0 Å². The maximum Gasteiger partial charge on any atom is 0.323 e. The molecule has 4 rings (SSSR count). The number of benzene rings is 2. The smallest absolute Gasteiger partial charge is 0.308 e. The summed E-state index contributed by atoms with van der Waals surface area (Å²) in [7, 11) is 0. The molecule has 1 saturated carbocycles. The van der Waals surface area contributed by atoms with Crippen LogP contribution in [0.15, 0.2) is 42.5 Å². The fourth-order valence-corrected chi connectivity index (χ4v) is 4.25. The summed E-state index contributed by atoms with van der Waals surface area (Å²) in [6.45, 7) is 4.23. The molecular formula is C24H27N3O3. The van der Waals surface area contributed by atoms with E-state index in [0.717, 1.165) is 32.1 Å². The highest BCUT2D eigenvalue weighted by molar-refractivity contribution is 6.22. The van der Waals surface area contributed by atoms with Gasteiger partial charge in [-0.25, -0.2) is 4.79 Å². The van der Waals surface area contributed by atoms with Gasteiger partial charge in [-0.2, -0.15) is 0 Å². The lowest BCUT2D eigenvalue weighted by atomic mass is 9.94. The Hall–Kier alpha value is -3.15. The minimum atomic E-state index is -0.395. The molecule has 0 saturated heterocycles. The second-order valence-corrected chi connectivity index (χ2v) is 8.39. The minimum Gasteiger partial charge on any atom is -0.308 e. The average Bonchev–Trinajstić information content (AvgIpc) is 2.99. The molecule has 0 bridgehead atoms. The number of carbonyl (C=O) groups is 3. The third-order valence-corrected chi connectivity index (χ3v) is 5.95. The summed E-state index contributed by atoms with van der Waals surface area (Å²) in [4.78, 5) is 39.5. The van der Waals surface area contributed by atoms with E-state index in [1.165, 1.54) is 10.5 Å². The number of nitrogens with zero attached hydrogens (tertiary/aromatic N) is 1. The van der Waals surface area contributed by atoms with E-state index < -0.39 is 6.03 Å². The molecule has 0 atom stereocenters. The van der Waals surface area contributed by atoms with E-state index in [1.54, 1.807) is 18.2 Å². The van der Waals surface area contributed by atoms with Crippen LogP contribution in [0.1, 0.15) is 78.1 Å². The molecule has 0 radical (unpaired) electrons. The first-order valence-corrected chi connectivity index (χ1v) is 10.6. The Balaban J connectivity index is 1.45. The van der Waals surface area contributed by atoms with Gasteiger partial charge in [-0.3, -0.25) is 14.5 Å². The first-order chi connectivity index (χ1) is 14.4. The molecule has 0 spiro atoms. The first kappa shape index (κ1) is 20.1. The van der Waals surface area contributed by atoms with Crippen LogP contribution in [0.25, 0.3) is 0 Å². The van der Waals surface area contributed by atoms with Gasteiger partial charge in [-0.15, -0.1) is 0 Å². The molecule has 1 aliphatic heterocycles. The second-order valence-electron chi connectivity index (χ2n) is 8.39. The van der Waals surface area contributed by atoms with Crippen molar-refractivity contribution in [1.82, 2.24) is 4.90 Å². The molecule has 2 aliphatic rings. The van der Waals surface area contributed by atoms with Crippen LogP contribution in [0, 0.1) is 0 Å². The molecule has 0 unspecified atom stereocenters. The van der Waals surface area contributed by atoms with Gasteiger partial charge in [0, 0.05) is 17.4 Å². The van der Waals surface area contributed by atoms with Gasteiger partial charge in [-0.1, -0.05) is 45.2 Å². The Morgan fingerprint density at radius 2 is 1.47 bits per heavy atom. The predicted molar refractivity (Wildman–Crippen MR) is 117 cm³/mol. The number of hydrogen-bond acceptors (Lipinski definition) is 3. The fourth-order valence-electron chi connectivity index (χ4n) is 4.25. The summed E-state index contributed by atoms with van der Waals surface area (Å²) in [6, 6.07) is 12.2. The van der Waals surface area contributed by atoms with E-state index in [1.807, 2.05) is 24.3 Å². The minimum absolute atomic E-state index is 0.0142. The Morgan fingerprint density at radius 1 is 0.867 bits per heavy atom. The third kappa shape index (κ3) is 3.95. The lowest BCUT2D eigenvalue weighted by Crippen LogP contribution is -2.40. The molecule has 156 valence electrons. The summed E-state index contributed by atoms with van der Waals surface area (Å²) in [5.41, 5.74) is 3.15. The monoisotopic (exact) mass is 405 g/mol. The van der Waals surface area contributed by atoms with Crippen molar-refractivity contribution in [3.05, 3.63) is 59.2 Å². The summed E-state index contributed by atoms with van der Waals surface area (Å²) in [5.74, 6) is -0.0499. The van der Waals surface area contributed by atoms with Crippen molar-refractivity contribution in [1.29, 1.82) is 0 Å². The van der Waals surface area contributed by atoms with E-state index in [0.29, 0.717) is 28.4 Å². The SMILES string of the molecule is CC(C)c1ccc(NC(=O)Nc2ccc3c(c2)C(=O)N(C2CCCCC2)C3=O)cc1. The lowest BCUT2D eigenvalue weighted by Gasteiger charge is -2.29. The van der Waals surface area contributed by atoms with Gasteiger partial charge < -0.3 is 10.6 Å². The summed E-state index contributed by atoms with van der Waals surface area (Å²) < 4.78 is 0. The van der Waals surface area contributed by atoms with Crippen LogP contribution in [0.2, 0.25) is 0 Å². The van der Waals surface area contributed by atoms with Crippen LogP contribution in [0.3, 0.4) is 0 Å². The van der Waals surface area contributed by atoms with Crippen LogP contribution < -0.4 is 10.6 Å². The molecule has 1 fully saturated rings. The Morgan fingerprint density at radius 3 is 2.13 bits per heavy atom. The van der Waals surface area contributed by atoms with Gasteiger partial charge in [-0.05, 0) is 54.7 Å². The van der Waals surface area contributed by atoms with Gasteiger partial charge >= 0.3 is 6.03 Å². The van der Waals surface area contributed by atoms with E-state index in [4.69, 9.17) is 0 Å². The van der Waals surface area contributed by atoms with Gasteiger partial charge in [0.2, 0.25) is 0 Å². The first-order valence-electron chi connectivity index (χ1n) is 10.6. The Kier molecular flexibility index (Phi) is 5.57. The maximum atomic E-state index is 12.9. The molecule has 6 nitrogen and oxygen atoms in total. The van der Waals surface area contributed by atoms with E-state index in [-0.39, 0.29) is 17.9 Å². The van der Waals surface area contributed by atoms with Crippen LogP contribution in [0.4, 0.5) is 16.2 Å². The molecule has 2 aromatic rings. The average molecular weight is 405 g/mol. The molecular weight excluding hydrogens is 378 g/mol. The van der Waals surface area contributed by atoms with Crippen molar-refractivity contribution < 1.29 is 14.4 Å². The van der Waals surface area contributed by atoms with Crippen LogP contribution in [0.5, 0.6) is 0 Å². The van der Waals surface area contributed by atoms with Gasteiger partial charge in [0.05, 0.1) is 11.1 Å². The predicted octanol–water partition coefficient (Wildman–Crippen LogP) is 5.38. The van der Waals surface area contributed by atoms with Crippen molar-refractivity contribution in [3.63, 3.8) is 0 Å². The molecule has 1 aliphatic carbocycles. The number of rotatable bonds is 4. The van der Waals surface area contributed by atoms with Crippen molar-refractivity contribution >= 4 is 29.2 Å². The molecule has 1 heterocycles. The second kappa shape index (κ2) is 8.30. The van der Waals surface area contributed by atoms with Gasteiger partial charge in [0.15, 0.2) is 0 Å². The molecule has 0 aromatic heterocycles. The quantitative estimate of drug-likeness (QED) is 0.670. The number of carbonyl (C=O) groups excluding carboxylic acids is 3. The normalized spacial score (nSPS) is 16.7. The van der Waals surface area contributed by atoms with Crippen molar-refractivity contribution in [3.8, 4) is 0 Å². The van der Waals surface area contributed by atoms with E-state index in [9.17, 15) is 14.4 Å². The summed E-state index contributed by atoms with van der Waals surface area (Å²) in [6.07, 6.45) is 4.98. The van der Waals surface area contributed by atoms with Crippen molar-refractivity contribution in [2.45, 2.75) is 57.9 Å². The number of imide groups is 1. The third-order valence-electron chi connectivity index (χ3n) is 5.95. The molecule has 30 heavy (non-hydrogen) atoms. The molecule has 2 N–H and O–H groups in total. The number of amides is 4. The van der Waals surface area contributed by atoms with Crippen molar-refractivity contribution in [2.24, 2.45) is 0 Å². The summed E-state index contributed by atoms with van der Waals surface area (Å²) >= 11 is 0. The highest BCUT2D eigenvalue weighted by Gasteiger charge is 2.40. The largest absolute Gasteiger partial charge is 0.323 e. The van der Waals surface area contributed by atoms with Crippen LogP contribution >= 0.6 is 0 Å². The zero-order valence-electron chi connectivity index (χ0n) is 17.4. The zero-order valence-corrected chi connectivity index (χ0v) is 17.4. The number of hydrogen-bond donors (Lipinski definition) is 2. The number of nitrogens with one attached hydrogen (secondary N) is 2. The van der Waals surface area contributed by atoms with Crippen molar-refractivity contribution in [2.75, 3.05) is 10.6 Å². The number of urea groups is 1. The Labute approximate surface area is 176 Å². The number of anilines is 2. The Bertz CT molecular complexity index is 976. The highest BCUT2D eigenvalue weighted by atomic mass is 16.2. The fraction of sp³-hybridized carbons (Fsp3) is 0.375. The lowest BCUT2D eigenvalue weighted by molar-refractivity contribution is 0.0549. The van der Waals surface area contributed by atoms with Gasteiger partial charge in [0.25, 0.3) is 11.8 Å². The topological polar surface area (TPSA) is 78.5 Å². The highest BCUT2D eigenvalue weighted by Crippen LogP contribution is 2.32. The van der Waals surface area contributed by atoms with Crippen LogP contribution in [-0.2, 0) is 0 Å². The number of fused-ring (bicyclic) bond motifs is 1. The molecule has 6 heteroatoms. The van der Waals surface area contributed by atoms with Gasteiger partial charge in [0.1, 0.15) is 0 Å². The van der Waals surface area contributed by atoms with Crippen LogP contribution in [-0.4, -0.2) is 28.8 Å².